The van der Waals surface area contributed by atoms with Gasteiger partial charge in [0.05, 0.1) is 0 Å². The molecule has 13 heteroatoms. The van der Waals surface area contributed by atoms with Gasteiger partial charge in [0.15, 0.2) is 18.3 Å². The molecule has 0 radical (unpaired) electrons. The molecule has 0 spiro atoms. The third-order valence-electron chi connectivity index (χ3n) is 2.43. The Bertz CT molecular complexity index is 288. The molecule has 0 aromatic carbocycles. The molecule has 3 unspecified atom stereocenters. The van der Waals surface area contributed by atoms with E-state index in [0.717, 1.165) is 0 Å². The Labute approximate surface area is 117 Å². The minimum atomic E-state index is -5.29. The second-order valence-corrected chi connectivity index (χ2v) is 4.39. The first-order chi connectivity index (χ1) is 9.55. The normalized spacial score (nSPS) is 18.4. The molecule has 4 nitrogen and oxygen atoms in total. The van der Waals surface area contributed by atoms with Gasteiger partial charge in [-0.3, -0.25) is 4.90 Å². The third kappa shape index (κ3) is 7.47. The van der Waals surface area contributed by atoms with Gasteiger partial charge in [-0.1, -0.05) is 0 Å². The van der Waals surface area contributed by atoms with E-state index < -0.39 is 56.5 Å². The van der Waals surface area contributed by atoms with E-state index in [1.807, 2.05) is 0 Å². The van der Waals surface area contributed by atoms with Crippen LogP contribution in [0.4, 0.5) is 39.5 Å². The van der Waals surface area contributed by atoms with Gasteiger partial charge in [-0.15, -0.1) is 0 Å². The van der Waals surface area contributed by atoms with Gasteiger partial charge in [-0.2, -0.15) is 39.5 Å². The van der Waals surface area contributed by atoms with Gasteiger partial charge in [0, 0.05) is 19.6 Å². The number of aliphatic hydroxyl groups excluding tert-OH is 3. The molecule has 0 amide bonds. The molecule has 0 fully saturated rings. The molecular weight excluding hydrogens is 341 g/mol. The van der Waals surface area contributed by atoms with E-state index in [0.29, 0.717) is 0 Å². The largest absolute Gasteiger partial charge is 0.415 e. The number of rotatable bonds is 6. The number of nitrogens with zero attached hydrogens (tertiary/aromatic N) is 1. The maximum atomic E-state index is 12.1. The van der Waals surface area contributed by atoms with Crippen LogP contribution < -0.4 is 0 Å². The van der Waals surface area contributed by atoms with Gasteiger partial charge in [-0.05, 0) is 0 Å². The minimum absolute atomic E-state index is 0.172. The van der Waals surface area contributed by atoms with Crippen molar-refractivity contribution in [3.8, 4) is 0 Å². The minimum Gasteiger partial charge on any atom is -0.382 e. The van der Waals surface area contributed by atoms with E-state index in [1.54, 1.807) is 0 Å². The van der Waals surface area contributed by atoms with Crippen LogP contribution in [0.2, 0.25) is 0 Å². The molecule has 3 N–H and O–H groups in total. The summed E-state index contributed by atoms with van der Waals surface area (Å²) in [7, 11) is 0. The van der Waals surface area contributed by atoms with E-state index >= 15 is 0 Å². The zero-order valence-corrected chi connectivity index (χ0v) is 10.5. The van der Waals surface area contributed by atoms with Crippen molar-refractivity contribution in [3.05, 3.63) is 0 Å². The lowest BCUT2D eigenvalue weighted by molar-refractivity contribution is -0.232. The van der Waals surface area contributed by atoms with E-state index in [2.05, 4.69) is 0 Å². The Kier molecular flexibility index (Phi) is 6.93. The molecule has 0 aliphatic rings. The number of alkyl halides is 9. The Hall–Kier alpha value is -0.790. The Morgan fingerprint density at radius 2 is 0.727 bits per heavy atom. The van der Waals surface area contributed by atoms with Gasteiger partial charge >= 0.3 is 18.5 Å². The topological polar surface area (TPSA) is 63.9 Å². The highest BCUT2D eigenvalue weighted by Gasteiger charge is 2.45. The zero-order chi connectivity index (χ0) is 17.9. The van der Waals surface area contributed by atoms with E-state index in [1.165, 1.54) is 0 Å². The molecule has 22 heavy (non-hydrogen) atoms. The Morgan fingerprint density at radius 1 is 0.545 bits per heavy atom. The van der Waals surface area contributed by atoms with Crippen molar-refractivity contribution in [3.63, 3.8) is 0 Å². The van der Waals surface area contributed by atoms with Crippen LogP contribution in [0.25, 0.3) is 0 Å². The van der Waals surface area contributed by atoms with Crippen LogP contribution in [0, 0.1) is 0 Å². The molecule has 0 aliphatic carbocycles. The van der Waals surface area contributed by atoms with Gasteiger partial charge in [0.1, 0.15) is 0 Å². The van der Waals surface area contributed by atoms with Crippen molar-refractivity contribution in [2.75, 3.05) is 19.6 Å². The molecule has 0 aromatic heterocycles. The summed E-state index contributed by atoms with van der Waals surface area (Å²) in [6.07, 6.45) is -25.6. The van der Waals surface area contributed by atoms with Crippen molar-refractivity contribution in [1.82, 2.24) is 4.90 Å². The molecule has 0 saturated heterocycles. The molecule has 0 rings (SSSR count). The lowest BCUT2D eigenvalue weighted by atomic mass is 10.2. The van der Waals surface area contributed by atoms with Crippen LogP contribution in [0.15, 0.2) is 0 Å². The summed E-state index contributed by atoms with van der Waals surface area (Å²) >= 11 is 0. The molecule has 0 bridgehead atoms. The fourth-order valence-corrected chi connectivity index (χ4v) is 1.27. The summed E-state index contributed by atoms with van der Waals surface area (Å²) in [6, 6.07) is 0. The Balaban J connectivity index is 5.00. The van der Waals surface area contributed by atoms with Crippen LogP contribution in [0.3, 0.4) is 0 Å². The predicted octanol–water partition coefficient (Wildman–Crippen LogP) is 1.06. The second-order valence-electron chi connectivity index (χ2n) is 4.39. The smallest absolute Gasteiger partial charge is 0.382 e. The van der Waals surface area contributed by atoms with Crippen LogP contribution >= 0.6 is 0 Å². The van der Waals surface area contributed by atoms with E-state index in [9.17, 15) is 39.5 Å². The lowest BCUT2D eigenvalue weighted by Crippen LogP contribution is -2.51. The number of hydrogen-bond acceptors (Lipinski definition) is 4. The third-order valence-corrected chi connectivity index (χ3v) is 2.43. The number of hydrogen-bond donors (Lipinski definition) is 3. The van der Waals surface area contributed by atoms with Gasteiger partial charge in [-0.25, -0.2) is 0 Å². The van der Waals surface area contributed by atoms with Gasteiger partial charge in [0.25, 0.3) is 0 Å². The van der Waals surface area contributed by atoms with Crippen LogP contribution in [0.5, 0.6) is 0 Å². The number of aliphatic hydroxyl groups is 3. The second kappa shape index (κ2) is 7.19. The highest BCUT2D eigenvalue weighted by atomic mass is 19.4. The molecule has 0 saturated carbocycles. The molecule has 0 heterocycles. The first-order valence-electron chi connectivity index (χ1n) is 5.51. The summed E-state index contributed by atoms with van der Waals surface area (Å²) in [5.74, 6) is 0. The quantitative estimate of drug-likeness (QED) is 0.625. The highest BCUT2D eigenvalue weighted by molar-refractivity contribution is 4.79. The monoisotopic (exact) mass is 353 g/mol. The summed E-state index contributed by atoms with van der Waals surface area (Å²) < 4.78 is 109. The summed E-state index contributed by atoms with van der Waals surface area (Å²) in [5.41, 5.74) is 0. The van der Waals surface area contributed by atoms with Crippen molar-refractivity contribution < 1.29 is 54.8 Å². The van der Waals surface area contributed by atoms with Crippen LogP contribution in [-0.4, -0.2) is 76.7 Å². The summed E-state index contributed by atoms with van der Waals surface area (Å²) in [4.78, 5) is -0.172. The Morgan fingerprint density at radius 3 is 0.864 bits per heavy atom. The fraction of sp³-hybridized carbons (Fsp3) is 1.00. The first kappa shape index (κ1) is 21.2. The molecular formula is C9H12F9NO3. The summed E-state index contributed by atoms with van der Waals surface area (Å²) in [5, 5.41) is 26.1. The van der Waals surface area contributed by atoms with Crippen molar-refractivity contribution in [2.45, 2.75) is 36.8 Å². The van der Waals surface area contributed by atoms with E-state index in [-0.39, 0.29) is 4.90 Å². The molecule has 134 valence electrons. The maximum absolute atomic E-state index is 12.1. The highest BCUT2D eigenvalue weighted by Crippen LogP contribution is 2.26. The SMILES string of the molecule is OC(CN(CC(O)C(F)(F)F)CC(O)C(F)(F)F)C(F)(F)F. The van der Waals surface area contributed by atoms with Crippen molar-refractivity contribution in [2.24, 2.45) is 0 Å². The van der Waals surface area contributed by atoms with Crippen LogP contribution in [0.1, 0.15) is 0 Å². The van der Waals surface area contributed by atoms with Crippen molar-refractivity contribution >= 4 is 0 Å². The first-order valence-corrected chi connectivity index (χ1v) is 5.51. The van der Waals surface area contributed by atoms with Gasteiger partial charge < -0.3 is 15.3 Å². The van der Waals surface area contributed by atoms with Crippen LogP contribution in [-0.2, 0) is 0 Å². The van der Waals surface area contributed by atoms with Gasteiger partial charge in [0.2, 0.25) is 0 Å². The van der Waals surface area contributed by atoms with Crippen molar-refractivity contribution in [1.29, 1.82) is 0 Å². The lowest BCUT2D eigenvalue weighted by Gasteiger charge is -2.30. The molecule has 0 aromatic rings. The summed E-state index contributed by atoms with van der Waals surface area (Å²) in [6.45, 7) is -5.03. The predicted molar refractivity (Wildman–Crippen MR) is 52.6 cm³/mol. The average Bonchev–Trinajstić information content (AvgIpc) is 2.24. The maximum Gasteiger partial charge on any atom is 0.415 e. The average molecular weight is 353 g/mol. The fourth-order valence-electron chi connectivity index (χ4n) is 1.27. The standard InChI is InChI=1S/C9H12F9NO3/c10-7(11,12)4(20)1-19(2-5(21)8(13,14)15)3-6(22)9(16,17)18/h4-6,20-22H,1-3H2. The number of halogens is 9. The van der Waals surface area contributed by atoms with E-state index in [4.69, 9.17) is 15.3 Å². The molecule has 3 atom stereocenters. The molecule has 0 aliphatic heterocycles. The zero-order valence-electron chi connectivity index (χ0n) is 10.5.